The van der Waals surface area contributed by atoms with Crippen LogP contribution in [0.3, 0.4) is 0 Å². The van der Waals surface area contributed by atoms with Crippen molar-refractivity contribution in [1.82, 2.24) is 10.3 Å². The number of nitrogens with zero attached hydrogens (tertiary/aromatic N) is 2. The minimum absolute atomic E-state index is 0.0639. The van der Waals surface area contributed by atoms with Crippen molar-refractivity contribution in [3.63, 3.8) is 0 Å². The van der Waals surface area contributed by atoms with Gasteiger partial charge < -0.3 is 20.3 Å². The van der Waals surface area contributed by atoms with Crippen molar-refractivity contribution in [2.45, 2.75) is 31.8 Å². The molecule has 0 bridgehead atoms. The van der Waals surface area contributed by atoms with Crippen molar-refractivity contribution in [3.05, 3.63) is 53.9 Å². The van der Waals surface area contributed by atoms with Gasteiger partial charge in [-0.25, -0.2) is 4.98 Å². The molecule has 2 aromatic rings. The molecule has 152 valence electrons. The number of hydrogen-bond donors (Lipinski definition) is 2. The monoisotopic (exact) mass is 394 g/mol. The Kier molecular flexibility index (Phi) is 6.05. The maximum absolute atomic E-state index is 12.6. The number of pyridine rings is 1. The Balaban J connectivity index is 1.35. The fourth-order valence-electron chi connectivity index (χ4n) is 3.72. The molecule has 7 heteroatoms. The van der Waals surface area contributed by atoms with Gasteiger partial charge in [-0.2, -0.15) is 0 Å². The van der Waals surface area contributed by atoms with E-state index in [4.69, 9.17) is 4.74 Å². The normalized spacial score (nSPS) is 18.6. The largest absolute Gasteiger partial charge is 0.376 e. The number of aromatic nitrogens is 1. The van der Waals surface area contributed by atoms with E-state index in [2.05, 4.69) is 20.5 Å². The lowest BCUT2D eigenvalue weighted by molar-refractivity contribution is 0.0853. The Morgan fingerprint density at radius 1 is 1.00 bits per heavy atom. The number of hydrogen-bond acceptors (Lipinski definition) is 5. The lowest BCUT2D eigenvalue weighted by Crippen LogP contribution is -2.32. The molecule has 4 rings (SSSR count). The molecule has 0 radical (unpaired) electrons. The molecule has 2 aliphatic heterocycles. The first kappa shape index (κ1) is 19.4. The van der Waals surface area contributed by atoms with E-state index in [0.717, 1.165) is 32.5 Å². The molecule has 29 heavy (non-hydrogen) atoms. The third-order valence-corrected chi connectivity index (χ3v) is 5.33. The molecule has 2 saturated heterocycles. The molecule has 2 fully saturated rings. The first-order valence-electron chi connectivity index (χ1n) is 10.2. The maximum atomic E-state index is 12.6. The number of nitrogens with one attached hydrogen (secondary N) is 2. The predicted octanol–water partition coefficient (Wildman–Crippen LogP) is 2.84. The van der Waals surface area contributed by atoms with E-state index in [9.17, 15) is 9.59 Å². The summed E-state index contributed by atoms with van der Waals surface area (Å²) in [7, 11) is 0. The van der Waals surface area contributed by atoms with Gasteiger partial charge in [0.05, 0.1) is 6.10 Å². The molecule has 1 unspecified atom stereocenters. The van der Waals surface area contributed by atoms with Crippen LogP contribution in [0.4, 0.5) is 11.4 Å². The smallest absolute Gasteiger partial charge is 0.274 e. The number of rotatable bonds is 6. The van der Waals surface area contributed by atoms with E-state index in [1.807, 2.05) is 24.3 Å². The molecule has 0 saturated carbocycles. The fraction of sp³-hybridized carbons (Fsp3) is 0.409. The molecule has 0 aliphatic carbocycles. The number of anilines is 2. The van der Waals surface area contributed by atoms with Gasteiger partial charge in [-0.05, 0) is 62.1 Å². The summed E-state index contributed by atoms with van der Waals surface area (Å²) in [5, 5.41) is 5.67. The second kappa shape index (κ2) is 9.05. The van der Waals surface area contributed by atoms with Crippen molar-refractivity contribution < 1.29 is 14.3 Å². The summed E-state index contributed by atoms with van der Waals surface area (Å²) < 4.78 is 5.51. The predicted molar refractivity (Wildman–Crippen MR) is 111 cm³/mol. The van der Waals surface area contributed by atoms with Gasteiger partial charge in [-0.15, -0.1) is 0 Å². The number of ether oxygens (including phenoxy) is 1. The highest BCUT2D eigenvalue weighted by Crippen LogP contribution is 2.22. The number of carbonyl (C=O) groups is 2. The van der Waals surface area contributed by atoms with E-state index in [-0.39, 0.29) is 29.3 Å². The first-order valence-corrected chi connectivity index (χ1v) is 10.2. The van der Waals surface area contributed by atoms with E-state index in [0.29, 0.717) is 12.2 Å². The average Bonchev–Trinajstić information content (AvgIpc) is 3.47. The topological polar surface area (TPSA) is 83.6 Å². The van der Waals surface area contributed by atoms with Crippen LogP contribution in [0, 0.1) is 0 Å². The van der Waals surface area contributed by atoms with Crippen LogP contribution in [0.25, 0.3) is 0 Å². The molecule has 1 aromatic heterocycles. The van der Waals surface area contributed by atoms with Crippen LogP contribution < -0.4 is 15.5 Å². The molecule has 2 N–H and O–H groups in total. The van der Waals surface area contributed by atoms with Gasteiger partial charge in [0.15, 0.2) is 0 Å². The van der Waals surface area contributed by atoms with Gasteiger partial charge in [0, 0.05) is 37.6 Å². The zero-order valence-electron chi connectivity index (χ0n) is 16.4. The standard InChI is InChI=1S/C22H26N4O3/c27-21(23-15-18-5-4-14-29-18)19-6-3-7-20(25-19)22(28)24-16-8-10-17(11-9-16)26-12-1-2-13-26/h3,6-11,18H,1-2,4-5,12-15H2,(H,23,27)(H,24,28). The van der Waals surface area contributed by atoms with E-state index in [1.54, 1.807) is 18.2 Å². The molecular formula is C22H26N4O3. The van der Waals surface area contributed by atoms with Crippen molar-refractivity contribution in [3.8, 4) is 0 Å². The Hall–Kier alpha value is -2.93. The first-order chi connectivity index (χ1) is 14.2. The van der Waals surface area contributed by atoms with Crippen LogP contribution in [0.5, 0.6) is 0 Å². The Bertz CT molecular complexity index is 857. The van der Waals surface area contributed by atoms with E-state index < -0.39 is 0 Å². The van der Waals surface area contributed by atoms with Crippen molar-refractivity contribution >= 4 is 23.2 Å². The second-order valence-corrected chi connectivity index (χ2v) is 7.45. The van der Waals surface area contributed by atoms with Crippen LogP contribution in [-0.4, -0.2) is 49.1 Å². The summed E-state index contributed by atoms with van der Waals surface area (Å²) in [6.07, 6.45) is 4.48. The Morgan fingerprint density at radius 3 is 2.41 bits per heavy atom. The summed E-state index contributed by atoms with van der Waals surface area (Å²) >= 11 is 0. The van der Waals surface area contributed by atoms with Crippen molar-refractivity contribution in [1.29, 1.82) is 0 Å². The minimum atomic E-state index is -0.340. The minimum Gasteiger partial charge on any atom is -0.376 e. The van der Waals surface area contributed by atoms with Gasteiger partial charge in [-0.1, -0.05) is 6.07 Å². The maximum Gasteiger partial charge on any atom is 0.274 e. The van der Waals surface area contributed by atoms with Gasteiger partial charge in [-0.3, -0.25) is 9.59 Å². The van der Waals surface area contributed by atoms with Crippen LogP contribution in [0.1, 0.15) is 46.7 Å². The summed E-state index contributed by atoms with van der Waals surface area (Å²) in [6, 6.07) is 12.7. The molecule has 2 aliphatic rings. The van der Waals surface area contributed by atoms with Crippen molar-refractivity contribution in [2.75, 3.05) is 36.5 Å². The molecule has 0 spiro atoms. The van der Waals surface area contributed by atoms with Crippen LogP contribution in [0.2, 0.25) is 0 Å². The SMILES string of the molecule is O=C(NCC1CCCO1)c1cccc(C(=O)Nc2ccc(N3CCCC3)cc2)n1. The lowest BCUT2D eigenvalue weighted by Gasteiger charge is -2.17. The summed E-state index contributed by atoms with van der Waals surface area (Å²) in [5.74, 6) is -0.641. The molecule has 1 aromatic carbocycles. The summed E-state index contributed by atoms with van der Waals surface area (Å²) in [5.41, 5.74) is 2.30. The third-order valence-electron chi connectivity index (χ3n) is 5.33. The average molecular weight is 394 g/mol. The van der Waals surface area contributed by atoms with Crippen LogP contribution in [0.15, 0.2) is 42.5 Å². The summed E-state index contributed by atoms with van der Waals surface area (Å²) in [4.78, 5) is 31.5. The zero-order chi connectivity index (χ0) is 20.1. The zero-order valence-corrected chi connectivity index (χ0v) is 16.4. The second-order valence-electron chi connectivity index (χ2n) is 7.45. The van der Waals surface area contributed by atoms with E-state index >= 15 is 0 Å². The van der Waals surface area contributed by atoms with Gasteiger partial charge >= 0.3 is 0 Å². The highest BCUT2D eigenvalue weighted by atomic mass is 16.5. The summed E-state index contributed by atoms with van der Waals surface area (Å²) in [6.45, 7) is 3.36. The van der Waals surface area contributed by atoms with Crippen LogP contribution >= 0.6 is 0 Å². The van der Waals surface area contributed by atoms with Crippen LogP contribution in [-0.2, 0) is 4.74 Å². The number of amides is 2. The highest BCUT2D eigenvalue weighted by molar-refractivity contribution is 6.03. The third kappa shape index (κ3) is 4.92. The lowest BCUT2D eigenvalue weighted by atomic mass is 10.2. The van der Waals surface area contributed by atoms with Gasteiger partial charge in [0.1, 0.15) is 11.4 Å². The number of benzene rings is 1. The molecule has 7 nitrogen and oxygen atoms in total. The number of carbonyl (C=O) groups excluding carboxylic acids is 2. The molecular weight excluding hydrogens is 368 g/mol. The Labute approximate surface area is 170 Å². The van der Waals surface area contributed by atoms with E-state index in [1.165, 1.54) is 18.5 Å². The Morgan fingerprint density at radius 2 is 1.72 bits per heavy atom. The van der Waals surface area contributed by atoms with Crippen molar-refractivity contribution in [2.24, 2.45) is 0 Å². The fourth-order valence-corrected chi connectivity index (χ4v) is 3.72. The van der Waals surface area contributed by atoms with Gasteiger partial charge in [0.2, 0.25) is 0 Å². The quantitative estimate of drug-likeness (QED) is 0.787. The molecule has 2 amide bonds. The highest BCUT2D eigenvalue weighted by Gasteiger charge is 2.18. The molecule has 3 heterocycles. The van der Waals surface area contributed by atoms with Gasteiger partial charge in [0.25, 0.3) is 11.8 Å². The molecule has 1 atom stereocenters.